The Labute approximate surface area is 631 Å². The molecule has 6 aromatic heterocycles. The largest absolute Gasteiger partial charge is 0.383 e. The third-order valence-corrected chi connectivity index (χ3v) is 16.5. The fourth-order valence-electron chi connectivity index (χ4n) is 12.2. The second-order valence-corrected chi connectivity index (χ2v) is 33.9. The van der Waals surface area contributed by atoms with Gasteiger partial charge in [-0.15, -0.1) is 0 Å². The number of H-pyrrole nitrogens is 2. The molecule has 35 nitrogen and oxygen atoms in total. The molecule has 0 amide bonds. The number of imidazole rings is 2. The lowest BCUT2D eigenvalue weighted by atomic mass is 10.1. The molecule has 0 bridgehead atoms. The molecule has 108 heavy (non-hydrogen) atoms. The molecule has 4 aliphatic rings. The molecule has 10 heterocycles. The summed E-state index contributed by atoms with van der Waals surface area (Å²) in [6.07, 6.45) is 0.109. The van der Waals surface area contributed by atoms with E-state index in [1.165, 1.54) is 34.1 Å². The average molecular weight is 1530 g/mol. The van der Waals surface area contributed by atoms with Gasteiger partial charge < -0.3 is 93.0 Å². The summed E-state index contributed by atoms with van der Waals surface area (Å²) in [7, 11) is 6.36. The highest BCUT2D eigenvalue weighted by atomic mass is 16.7. The quantitative estimate of drug-likeness (QED) is 0.0498. The van der Waals surface area contributed by atoms with E-state index in [1.54, 1.807) is 51.6 Å². The van der Waals surface area contributed by atoms with Gasteiger partial charge in [-0.25, -0.2) is 29.5 Å². The van der Waals surface area contributed by atoms with Gasteiger partial charge in [0.25, 0.3) is 11.1 Å². The molecule has 8 N–H and O–H groups in total. The van der Waals surface area contributed by atoms with E-state index < -0.39 is 101 Å². The van der Waals surface area contributed by atoms with Crippen molar-refractivity contribution in [3.8, 4) is 0 Å². The number of nitrogens with zero attached hydrogens (tertiary/aromatic N) is 10. The van der Waals surface area contributed by atoms with Gasteiger partial charge in [0.15, 0.2) is 47.5 Å². The lowest BCUT2D eigenvalue weighted by Gasteiger charge is -2.31. The van der Waals surface area contributed by atoms with Crippen molar-refractivity contribution in [1.29, 1.82) is 0 Å². The fraction of sp³-hybridized carbons (Fsp3) is 0.753. The van der Waals surface area contributed by atoms with Crippen LogP contribution < -0.4 is 39.7 Å². The third-order valence-electron chi connectivity index (χ3n) is 16.5. The predicted molar refractivity (Wildman–Crippen MR) is 402 cm³/mol. The molecule has 4 aliphatic heterocycles. The summed E-state index contributed by atoms with van der Waals surface area (Å²) < 4.78 is 102. The molecule has 35 heteroatoms. The maximum Gasteiger partial charge on any atom is 0.351 e. The first-order valence-electron chi connectivity index (χ1n) is 36.2. The number of nitrogen functional groups attached to an aromatic ring is 3. The highest BCUT2D eigenvalue weighted by molar-refractivity contribution is 5.81. The van der Waals surface area contributed by atoms with E-state index in [1.807, 2.05) is 164 Å². The van der Waals surface area contributed by atoms with Gasteiger partial charge in [0.1, 0.15) is 90.9 Å². The summed E-state index contributed by atoms with van der Waals surface area (Å²) in [5.74, 6) is 0.493. The van der Waals surface area contributed by atoms with Crippen LogP contribution in [0, 0.1) is 0 Å². The molecule has 0 saturated carbocycles. The third kappa shape index (κ3) is 24.4. The first-order chi connectivity index (χ1) is 49.9. The number of fused-ring (bicyclic) bond motifs is 2. The molecule has 6 aromatic rings. The van der Waals surface area contributed by atoms with E-state index in [0.717, 1.165) is 0 Å². The zero-order valence-corrected chi connectivity index (χ0v) is 68.1. The molecular formula is C73H121N15O20. The number of nitrogens with one attached hydrogen (secondary N) is 2. The SMILES string of the molecule is COC1[C@@H](OC(C)(C)C)[C@@H](COC(C)(C)C)O[C@H]1n1ccc(=O)[nH]c1=O.COC1[C@@H](OC(C)(C)C)[C@@H](COC(C)(C)C)O[C@H]1n1ccc(N)nc1=O.COC1[C@@H](OC(C)(C)C)[C@@H](COC(C)(C)C)O[C@H]1n1cnc2c(N)ncnc21.COC1[C@@H](OC(C)C)[C@@H](COC(C)(C)C)O[C@H]1n1cnc2c(=O)[nH]c(N)nc21. The maximum atomic E-state index is 12.3. The van der Waals surface area contributed by atoms with Gasteiger partial charge in [-0.1, -0.05) is 0 Å². The van der Waals surface area contributed by atoms with Gasteiger partial charge in [0.05, 0.1) is 84.4 Å². The normalized spacial score (nSPS) is 26.5. The minimum Gasteiger partial charge on any atom is -0.383 e. The van der Waals surface area contributed by atoms with Gasteiger partial charge in [-0.2, -0.15) is 9.97 Å². The van der Waals surface area contributed by atoms with Crippen molar-refractivity contribution in [2.24, 2.45) is 0 Å². The summed E-state index contributed by atoms with van der Waals surface area (Å²) in [5.41, 5.74) is 14.4. The van der Waals surface area contributed by atoms with E-state index in [4.69, 9.17) is 93.0 Å². The molecule has 4 unspecified atom stereocenters. The summed E-state index contributed by atoms with van der Waals surface area (Å²) in [6.45, 7) is 46.7. The average Bonchev–Trinajstić information content (AvgIpc) is 1.57. The molecule has 0 spiro atoms. The van der Waals surface area contributed by atoms with Crippen molar-refractivity contribution in [3.63, 3.8) is 0 Å². The van der Waals surface area contributed by atoms with Crippen LogP contribution >= 0.6 is 0 Å². The van der Waals surface area contributed by atoms with Crippen LogP contribution in [-0.4, -0.2) is 232 Å². The topological polar surface area (TPSA) is 423 Å². The highest BCUT2D eigenvalue weighted by Gasteiger charge is 2.53. The first-order valence-corrected chi connectivity index (χ1v) is 36.2. The number of aromatic amines is 2. The van der Waals surface area contributed by atoms with Crippen LogP contribution in [0.1, 0.15) is 184 Å². The van der Waals surface area contributed by atoms with Crippen molar-refractivity contribution < 1.29 is 75.8 Å². The monoisotopic (exact) mass is 1530 g/mol. The number of hydrogen-bond acceptors (Lipinski definition) is 29. The lowest BCUT2D eigenvalue weighted by molar-refractivity contribution is -0.141. The number of aromatic nitrogens is 12. The van der Waals surface area contributed by atoms with Gasteiger partial charge in [0, 0.05) is 46.9 Å². The van der Waals surface area contributed by atoms with E-state index in [0.29, 0.717) is 49.1 Å². The fourth-order valence-corrected chi connectivity index (χ4v) is 12.2. The summed E-state index contributed by atoms with van der Waals surface area (Å²) in [6, 6.07) is 2.83. The van der Waals surface area contributed by atoms with Gasteiger partial charge in [-0.3, -0.25) is 37.8 Å². The second kappa shape index (κ2) is 35.7. The molecule has 0 radical (unpaired) electrons. The molecule has 16 atom stereocenters. The summed E-state index contributed by atoms with van der Waals surface area (Å²) in [4.78, 5) is 77.4. The Balaban J connectivity index is 0.000000201. The van der Waals surface area contributed by atoms with Gasteiger partial charge in [-0.05, 0) is 165 Å². The Bertz CT molecular complexity index is 4090. The standard InChI is InChI=1S/C19H31N5O4.C18H29N5O5.C18H31N3O5.C18H30N2O6/c1-18(2,3)26-8-11-13(28-19(4,5)6)14(25-7)17(27-11)24-10-23-12-15(20)21-9-22-16(12)24;1-9(2)27-12-10(7-26-18(3,4)5)28-16(13(12)25-6)23-8-20-11-14(23)21-17(19)22-15(11)24;1-17(2,3)24-10-11-13(26-18(4,5)6)14(23-7)15(25-11)21-9-8-12(19)20-16(21)22;1-17(2,3)24-10-11-13(26-18(4,5)6)14(23-7)15(25-11)20-9-8-12(21)19-16(20)22/h9-11,13-14,17H,8H2,1-7H3,(H2,20,21,22);8-10,12-13,16H,7H2,1-6H3,(H3,19,21,22,24);8-9,11,13-15H,10H2,1-7H3,(H2,19,20,22);8-9,11,13-15H,10H2,1-7H3,(H,19,21,22)/t11-,13+,14?,17-;10-,12+,13?,16-;2*11-,13+,14?,15-/m1111/s1. The minimum absolute atomic E-state index is 0.00816. The molecule has 4 saturated heterocycles. The van der Waals surface area contributed by atoms with E-state index in [2.05, 4.69) is 39.9 Å². The van der Waals surface area contributed by atoms with Crippen LogP contribution in [0.3, 0.4) is 0 Å². The molecule has 4 fully saturated rings. The van der Waals surface area contributed by atoms with Gasteiger partial charge >= 0.3 is 11.4 Å². The minimum atomic E-state index is -0.731. The molecular weight excluding hydrogens is 1410 g/mol. The van der Waals surface area contributed by atoms with Crippen LogP contribution in [0.25, 0.3) is 22.3 Å². The van der Waals surface area contributed by atoms with Crippen molar-refractivity contribution in [2.75, 3.05) is 72.1 Å². The Morgan fingerprint density at radius 2 is 0.806 bits per heavy atom. The number of hydrogen-bond donors (Lipinski definition) is 5. The van der Waals surface area contributed by atoms with Crippen molar-refractivity contribution in [3.05, 3.63) is 85.2 Å². The zero-order chi connectivity index (χ0) is 80.7. The number of anilines is 3. The van der Waals surface area contributed by atoms with Crippen molar-refractivity contribution in [2.45, 2.75) is 303 Å². The lowest BCUT2D eigenvalue weighted by Crippen LogP contribution is -2.44. The highest BCUT2D eigenvalue weighted by Crippen LogP contribution is 2.41. The van der Waals surface area contributed by atoms with Crippen LogP contribution in [0.2, 0.25) is 0 Å². The van der Waals surface area contributed by atoms with Crippen LogP contribution in [0.5, 0.6) is 0 Å². The molecule has 608 valence electrons. The predicted octanol–water partition coefficient (Wildman–Crippen LogP) is 6.73. The molecule has 10 rings (SSSR count). The Hall–Kier alpha value is -6.78. The number of ether oxygens (including phenoxy) is 16. The maximum absolute atomic E-state index is 12.3. The number of methoxy groups -OCH3 is 4. The van der Waals surface area contributed by atoms with Gasteiger partial charge in [0.2, 0.25) is 5.95 Å². The van der Waals surface area contributed by atoms with E-state index in [9.17, 15) is 19.2 Å². The summed E-state index contributed by atoms with van der Waals surface area (Å²) >= 11 is 0. The second-order valence-electron chi connectivity index (χ2n) is 33.9. The number of nitrogens with two attached hydrogens (primary N) is 3. The van der Waals surface area contributed by atoms with Crippen LogP contribution in [-0.2, 0) is 75.8 Å². The van der Waals surface area contributed by atoms with Crippen LogP contribution in [0.15, 0.2) is 62.7 Å². The Morgan fingerprint density at radius 3 is 1.19 bits per heavy atom. The summed E-state index contributed by atoms with van der Waals surface area (Å²) in [5, 5.41) is 0. The van der Waals surface area contributed by atoms with E-state index in [-0.39, 0.29) is 81.9 Å². The zero-order valence-electron chi connectivity index (χ0n) is 68.1. The van der Waals surface area contributed by atoms with Crippen LogP contribution in [0.4, 0.5) is 17.6 Å². The molecule has 0 aliphatic carbocycles. The molecule has 0 aromatic carbocycles. The van der Waals surface area contributed by atoms with Crippen molar-refractivity contribution >= 4 is 39.9 Å². The Kier molecular flexibility index (Phi) is 29.2. The van der Waals surface area contributed by atoms with Crippen molar-refractivity contribution in [1.82, 2.24) is 58.1 Å². The first kappa shape index (κ1) is 88.4. The smallest absolute Gasteiger partial charge is 0.351 e. The van der Waals surface area contributed by atoms with E-state index >= 15 is 0 Å². The Morgan fingerprint density at radius 1 is 0.435 bits per heavy atom. The number of rotatable bonds is 21.